The summed E-state index contributed by atoms with van der Waals surface area (Å²) in [5.74, 6) is -0.121. The predicted molar refractivity (Wildman–Crippen MR) is 104 cm³/mol. The molecular weight excluding hydrogens is 356 g/mol. The lowest BCUT2D eigenvalue weighted by Gasteiger charge is -2.42. The van der Waals surface area contributed by atoms with Crippen LogP contribution in [0.2, 0.25) is 0 Å². The summed E-state index contributed by atoms with van der Waals surface area (Å²) in [5.41, 5.74) is 1.57. The summed E-state index contributed by atoms with van der Waals surface area (Å²) >= 11 is 0. The highest BCUT2D eigenvalue weighted by Gasteiger charge is 2.42. The van der Waals surface area contributed by atoms with Gasteiger partial charge in [0.05, 0.1) is 24.0 Å². The summed E-state index contributed by atoms with van der Waals surface area (Å²) in [6, 6.07) is 9.69. The van der Waals surface area contributed by atoms with Crippen molar-refractivity contribution in [1.82, 2.24) is 14.9 Å². The second-order valence-electron chi connectivity index (χ2n) is 7.48. The van der Waals surface area contributed by atoms with E-state index in [0.29, 0.717) is 31.7 Å². The van der Waals surface area contributed by atoms with Gasteiger partial charge in [0.2, 0.25) is 0 Å². The van der Waals surface area contributed by atoms with Crippen LogP contribution in [-0.2, 0) is 9.53 Å². The Balaban J connectivity index is 1.48. The van der Waals surface area contributed by atoms with E-state index in [2.05, 4.69) is 9.97 Å². The Bertz CT molecular complexity index is 873. The van der Waals surface area contributed by atoms with Gasteiger partial charge in [-0.15, -0.1) is 0 Å². The molecule has 7 heteroatoms. The van der Waals surface area contributed by atoms with Gasteiger partial charge in [0, 0.05) is 25.0 Å². The van der Waals surface area contributed by atoms with Crippen molar-refractivity contribution in [2.45, 2.75) is 31.8 Å². The largest absolute Gasteiger partial charge is 0.363 e. The minimum atomic E-state index is -0.420. The van der Waals surface area contributed by atoms with Gasteiger partial charge in [-0.1, -0.05) is 18.2 Å². The standard InChI is InChI=1S/C21H24N4O3/c1-16-12-22-13-18(23-16)20(27)24-10-5-8-21(9-11-24)15-25(19(26)14-28-21)17-6-3-2-4-7-17/h2-4,6-7,12-13H,5,8-11,14-15H2,1H3. The summed E-state index contributed by atoms with van der Waals surface area (Å²) < 4.78 is 6.05. The summed E-state index contributed by atoms with van der Waals surface area (Å²) in [6.45, 7) is 3.64. The SMILES string of the molecule is Cc1cncc(C(=O)N2CCCC3(CC2)CN(c2ccccc2)C(=O)CO3)n1. The van der Waals surface area contributed by atoms with Gasteiger partial charge in [0.1, 0.15) is 12.3 Å². The van der Waals surface area contributed by atoms with Crippen LogP contribution in [0.15, 0.2) is 42.7 Å². The molecule has 3 heterocycles. The van der Waals surface area contributed by atoms with Crippen LogP contribution in [-0.4, -0.2) is 58.5 Å². The van der Waals surface area contributed by atoms with Gasteiger partial charge >= 0.3 is 0 Å². The number of aryl methyl sites for hydroxylation is 1. The van der Waals surface area contributed by atoms with Crippen molar-refractivity contribution in [2.75, 3.05) is 31.1 Å². The highest BCUT2D eigenvalue weighted by molar-refractivity contribution is 5.95. The highest BCUT2D eigenvalue weighted by atomic mass is 16.5. The third-order valence-corrected chi connectivity index (χ3v) is 5.48. The Hall–Kier alpha value is -2.80. The van der Waals surface area contributed by atoms with Crippen molar-refractivity contribution in [3.63, 3.8) is 0 Å². The van der Waals surface area contributed by atoms with Crippen molar-refractivity contribution < 1.29 is 14.3 Å². The van der Waals surface area contributed by atoms with Gasteiger partial charge in [-0.3, -0.25) is 14.6 Å². The number of hydrogen-bond acceptors (Lipinski definition) is 5. The molecule has 2 amide bonds. The van der Waals surface area contributed by atoms with Crippen LogP contribution in [0.3, 0.4) is 0 Å². The maximum absolute atomic E-state index is 12.8. The van der Waals surface area contributed by atoms with Crippen LogP contribution in [0.1, 0.15) is 35.4 Å². The fourth-order valence-corrected chi connectivity index (χ4v) is 3.96. The molecule has 1 aromatic heterocycles. The smallest absolute Gasteiger partial charge is 0.274 e. The second kappa shape index (κ2) is 7.67. The van der Waals surface area contributed by atoms with Crippen LogP contribution in [0, 0.1) is 6.92 Å². The van der Waals surface area contributed by atoms with E-state index in [1.54, 1.807) is 6.20 Å². The maximum Gasteiger partial charge on any atom is 0.274 e. The number of aromatic nitrogens is 2. The van der Waals surface area contributed by atoms with Crippen molar-refractivity contribution >= 4 is 17.5 Å². The van der Waals surface area contributed by atoms with Crippen LogP contribution >= 0.6 is 0 Å². The molecule has 0 radical (unpaired) electrons. The zero-order valence-electron chi connectivity index (χ0n) is 16.0. The molecule has 0 saturated carbocycles. The minimum Gasteiger partial charge on any atom is -0.363 e. The van der Waals surface area contributed by atoms with Gasteiger partial charge in [0.25, 0.3) is 11.8 Å². The zero-order chi connectivity index (χ0) is 19.6. The first kappa shape index (κ1) is 18.6. The molecule has 2 aliphatic rings. The lowest BCUT2D eigenvalue weighted by atomic mass is 9.92. The third kappa shape index (κ3) is 3.75. The van der Waals surface area contributed by atoms with Crippen molar-refractivity contribution in [3.05, 3.63) is 54.1 Å². The number of likely N-dealkylation sites (tertiary alicyclic amines) is 1. The minimum absolute atomic E-state index is 0.0240. The molecule has 146 valence electrons. The maximum atomic E-state index is 12.8. The Morgan fingerprint density at radius 3 is 2.75 bits per heavy atom. The fourth-order valence-electron chi connectivity index (χ4n) is 3.96. The molecule has 2 aliphatic heterocycles. The van der Waals surface area contributed by atoms with Gasteiger partial charge in [-0.25, -0.2) is 4.98 Å². The quantitative estimate of drug-likeness (QED) is 0.799. The fraction of sp³-hybridized carbons (Fsp3) is 0.429. The number of ether oxygens (including phenoxy) is 1. The molecule has 0 bridgehead atoms. The van der Waals surface area contributed by atoms with Gasteiger partial charge < -0.3 is 14.5 Å². The lowest BCUT2D eigenvalue weighted by Crippen LogP contribution is -2.55. The van der Waals surface area contributed by atoms with Crippen LogP contribution in [0.5, 0.6) is 0 Å². The summed E-state index contributed by atoms with van der Waals surface area (Å²) in [7, 11) is 0. The molecule has 2 aromatic rings. The van der Waals surface area contributed by atoms with E-state index in [-0.39, 0.29) is 18.4 Å². The molecule has 0 aliphatic carbocycles. The van der Waals surface area contributed by atoms with Gasteiger partial charge in [-0.05, 0) is 38.3 Å². The number of amides is 2. The molecule has 1 aromatic carbocycles. The average Bonchev–Trinajstić information content (AvgIpc) is 2.93. The number of anilines is 1. The number of para-hydroxylation sites is 1. The summed E-state index contributed by atoms with van der Waals surface area (Å²) in [6.07, 6.45) is 5.48. The van der Waals surface area contributed by atoms with E-state index in [4.69, 9.17) is 4.74 Å². The van der Waals surface area contributed by atoms with Crippen LogP contribution < -0.4 is 4.90 Å². The summed E-state index contributed by atoms with van der Waals surface area (Å²) in [4.78, 5) is 37.3. The summed E-state index contributed by atoms with van der Waals surface area (Å²) in [5, 5.41) is 0. The van der Waals surface area contributed by atoms with Crippen molar-refractivity contribution in [3.8, 4) is 0 Å². The number of hydrogen-bond donors (Lipinski definition) is 0. The molecular formula is C21H24N4O3. The highest BCUT2D eigenvalue weighted by Crippen LogP contribution is 2.33. The monoisotopic (exact) mass is 380 g/mol. The number of carbonyl (C=O) groups excluding carboxylic acids is 2. The van der Waals surface area contributed by atoms with E-state index in [9.17, 15) is 9.59 Å². The number of nitrogens with zero attached hydrogens (tertiary/aromatic N) is 4. The third-order valence-electron chi connectivity index (χ3n) is 5.48. The first-order valence-corrected chi connectivity index (χ1v) is 9.64. The van der Waals surface area contributed by atoms with Crippen molar-refractivity contribution in [1.29, 1.82) is 0 Å². The van der Waals surface area contributed by atoms with Crippen LogP contribution in [0.25, 0.3) is 0 Å². The van der Waals surface area contributed by atoms with E-state index in [1.165, 1.54) is 6.20 Å². The Labute approximate surface area is 164 Å². The second-order valence-corrected chi connectivity index (χ2v) is 7.48. The van der Waals surface area contributed by atoms with Gasteiger partial charge in [0.15, 0.2) is 0 Å². The predicted octanol–water partition coefficient (Wildman–Crippen LogP) is 2.21. The molecule has 0 N–H and O–H groups in total. The number of morpholine rings is 1. The first-order valence-electron chi connectivity index (χ1n) is 9.64. The number of rotatable bonds is 2. The molecule has 2 fully saturated rings. The molecule has 4 rings (SSSR count). The Morgan fingerprint density at radius 2 is 1.96 bits per heavy atom. The van der Waals surface area contributed by atoms with Crippen molar-refractivity contribution in [2.24, 2.45) is 0 Å². The molecule has 1 unspecified atom stereocenters. The molecule has 1 atom stereocenters. The van der Waals surface area contributed by atoms with E-state index in [0.717, 1.165) is 24.2 Å². The van der Waals surface area contributed by atoms with E-state index in [1.807, 2.05) is 47.1 Å². The topological polar surface area (TPSA) is 75.6 Å². The Kier molecular flexibility index (Phi) is 5.09. The van der Waals surface area contributed by atoms with Crippen LogP contribution in [0.4, 0.5) is 5.69 Å². The Morgan fingerprint density at radius 1 is 1.14 bits per heavy atom. The number of carbonyl (C=O) groups is 2. The first-order chi connectivity index (χ1) is 13.6. The van der Waals surface area contributed by atoms with E-state index >= 15 is 0 Å². The molecule has 7 nitrogen and oxygen atoms in total. The van der Waals surface area contributed by atoms with E-state index < -0.39 is 5.60 Å². The average molecular weight is 380 g/mol. The normalized spacial score (nSPS) is 23.0. The van der Waals surface area contributed by atoms with Gasteiger partial charge in [-0.2, -0.15) is 0 Å². The molecule has 1 spiro atoms. The molecule has 28 heavy (non-hydrogen) atoms. The molecule has 2 saturated heterocycles. The zero-order valence-corrected chi connectivity index (χ0v) is 16.0. The lowest BCUT2D eigenvalue weighted by molar-refractivity contribution is -0.140. The number of benzene rings is 1.